The van der Waals surface area contributed by atoms with Crippen LogP contribution in [-0.2, 0) is 4.74 Å². The summed E-state index contributed by atoms with van der Waals surface area (Å²) in [6.07, 6.45) is -0.426. The van der Waals surface area contributed by atoms with Crippen LogP contribution in [0.1, 0.15) is 25.5 Å². The smallest absolute Gasteiger partial charge is 0.386 e. The molecule has 1 aliphatic heterocycles. The number of aromatic nitrogens is 4. The molecule has 150 valence electrons. The predicted molar refractivity (Wildman–Crippen MR) is 90.9 cm³/mol. The van der Waals surface area contributed by atoms with Gasteiger partial charge in [-0.3, -0.25) is 4.57 Å². The van der Waals surface area contributed by atoms with Gasteiger partial charge in [0.1, 0.15) is 24.6 Å². The van der Waals surface area contributed by atoms with E-state index < -0.39 is 36.6 Å². The van der Waals surface area contributed by atoms with Crippen LogP contribution in [0.15, 0.2) is 12.7 Å². The number of aliphatic hydroxyl groups excluding tert-OH is 2. The fourth-order valence-electron chi connectivity index (χ4n) is 3.77. The van der Waals surface area contributed by atoms with Crippen LogP contribution in [0.2, 0.25) is 0 Å². The summed E-state index contributed by atoms with van der Waals surface area (Å²) < 4.78 is 45.6. The van der Waals surface area contributed by atoms with E-state index in [0.717, 1.165) is 0 Å². The highest BCUT2D eigenvalue weighted by molar-refractivity contribution is 5.82. The molecule has 2 aliphatic rings. The summed E-state index contributed by atoms with van der Waals surface area (Å²) in [5.74, 6) is 1.23. The highest BCUT2D eigenvalue weighted by Gasteiger charge is 2.45. The van der Waals surface area contributed by atoms with Crippen LogP contribution in [0, 0.1) is 18.3 Å². The average molecular weight is 397 g/mol. The number of terminal acetylenes is 1. The SMILES string of the molecule is C#C[C@H]1O[C@@H](n2cnc3c(NC4CCC(C(F)(F)F)C4)ncnc32)[C@H](O)[C@@H]1O. The van der Waals surface area contributed by atoms with Crippen LogP contribution in [0.4, 0.5) is 19.0 Å². The standard InChI is InChI=1S/C17H18F3N5O3/c1-2-10-12(26)13(27)16(28-10)25-7-23-11-14(21-6-22-15(11)25)24-9-4-3-8(5-9)17(18,19)20/h1,6-10,12-13,16,26-27H,3-5H2,(H,21,22,24)/t8?,9?,10-,12-,13-,16-/m1/s1. The first-order valence-electron chi connectivity index (χ1n) is 8.78. The molecule has 2 fully saturated rings. The number of halogens is 3. The maximum atomic E-state index is 12.9. The molecule has 0 radical (unpaired) electrons. The fraction of sp³-hybridized carbons (Fsp3) is 0.588. The van der Waals surface area contributed by atoms with Gasteiger partial charge in [0.25, 0.3) is 0 Å². The van der Waals surface area contributed by atoms with Crippen LogP contribution in [0.3, 0.4) is 0 Å². The lowest BCUT2D eigenvalue weighted by Gasteiger charge is -2.17. The van der Waals surface area contributed by atoms with Crippen molar-refractivity contribution < 1.29 is 28.1 Å². The number of hydrogen-bond acceptors (Lipinski definition) is 7. The van der Waals surface area contributed by atoms with Gasteiger partial charge >= 0.3 is 6.18 Å². The van der Waals surface area contributed by atoms with Crippen LogP contribution in [0.25, 0.3) is 11.2 Å². The van der Waals surface area contributed by atoms with Gasteiger partial charge in [-0.15, -0.1) is 6.42 Å². The third-order valence-electron chi connectivity index (χ3n) is 5.27. The van der Waals surface area contributed by atoms with Crippen LogP contribution < -0.4 is 5.32 Å². The molecule has 1 saturated carbocycles. The number of alkyl halides is 3. The molecule has 0 aromatic carbocycles. The number of rotatable bonds is 3. The largest absolute Gasteiger partial charge is 0.391 e. The Labute approximate surface area is 157 Å². The minimum Gasteiger partial charge on any atom is -0.386 e. The molecule has 28 heavy (non-hydrogen) atoms. The monoisotopic (exact) mass is 397 g/mol. The van der Waals surface area contributed by atoms with Gasteiger partial charge in [-0.25, -0.2) is 15.0 Å². The molecule has 2 aromatic heterocycles. The zero-order valence-corrected chi connectivity index (χ0v) is 14.5. The maximum Gasteiger partial charge on any atom is 0.391 e. The van der Waals surface area contributed by atoms with Crippen LogP contribution in [-0.4, -0.2) is 60.3 Å². The first kappa shape index (κ1) is 18.9. The van der Waals surface area contributed by atoms with E-state index in [0.29, 0.717) is 23.4 Å². The normalized spacial score (nSPS) is 33.3. The van der Waals surface area contributed by atoms with Gasteiger partial charge in [-0.05, 0) is 19.3 Å². The second-order valence-electron chi connectivity index (χ2n) is 7.03. The van der Waals surface area contributed by atoms with E-state index in [-0.39, 0.29) is 18.9 Å². The lowest BCUT2D eigenvalue weighted by atomic mass is 10.1. The van der Waals surface area contributed by atoms with Gasteiger partial charge in [-0.1, -0.05) is 5.92 Å². The molecular weight excluding hydrogens is 379 g/mol. The molecule has 3 N–H and O–H groups in total. The van der Waals surface area contributed by atoms with Gasteiger partial charge in [-0.2, -0.15) is 13.2 Å². The zero-order valence-electron chi connectivity index (χ0n) is 14.5. The number of hydrogen-bond donors (Lipinski definition) is 3. The van der Waals surface area contributed by atoms with E-state index >= 15 is 0 Å². The molecule has 8 nitrogen and oxygen atoms in total. The summed E-state index contributed by atoms with van der Waals surface area (Å²) in [7, 11) is 0. The molecule has 6 atom stereocenters. The molecule has 0 amide bonds. The Hall–Kier alpha value is -2.42. The second-order valence-corrected chi connectivity index (χ2v) is 7.03. The summed E-state index contributed by atoms with van der Waals surface area (Å²) in [6.45, 7) is 0. The topological polar surface area (TPSA) is 105 Å². The van der Waals surface area contributed by atoms with Crippen molar-refractivity contribution in [1.82, 2.24) is 19.5 Å². The van der Waals surface area contributed by atoms with Crippen molar-refractivity contribution in [2.24, 2.45) is 5.92 Å². The highest BCUT2D eigenvalue weighted by Crippen LogP contribution is 2.40. The minimum absolute atomic E-state index is 0.0316. The summed E-state index contributed by atoms with van der Waals surface area (Å²) >= 11 is 0. The lowest BCUT2D eigenvalue weighted by molar-refractivity contribution is -0.172. The molecule has 4 rings (SSSR count). The van der Waals surface area contributed by atoms with E-state index in [9.17, 15) is 23.4 Å². The molecule has 0 spiro atoms. The number of nitrogens with zero attached hydrogens (tertiary/aromatic N) is 4. The molecular formula is C17H18F3N5O3. The number of aliphatic hydroxyl groups is 2. The molecule has 3 heterocycles. The first-order valence-corrected chi connectivity index (χ1v) is 8.78. The number of imidazole rings is 1. The van der Waals surface area contributed by atoms with E-state index in [1.807, 2.05) is 0 Å². The average Bonchev–Trinajstić information content (AvgIpc) is 3.34. The van der Waals surface area contributed by atoms with Gasteiger partial charge in [0.2, 0.25) is 0 Å². The summed E-state index contributed by atoms with van der Waals surface area (Å²) in [5, 5.41) is 23.2. The Balaban J connectivity index is 1.57. The number of anilines is 1. The van der Waals surface area contributed by atoms with Crippen molar-refractivity contribution in [3.05, 3.63) is 12.7 Å². The molecule has 2 unspecified atom stereocenters. The van der Waals surface area contributed by atoms with Crippen molar-refractivity contribution in [2.45, 2.75) is 56.0 Å². The van der Waals surface area contributed by atoms with Crippen LogP contribution in [0.5, 0.6) is 0 Å². The fourth-order valence-corrected chi connectivity index (χ4v) is 3.77. The third kappa shape index (κ3) is 3.17. The number of ether oxygens (including phenoxy) is 1. The molecule has 11 heteroatoms. The quantitative estimate of drug-likeness (QED) is 0.669. The molecule has 1 saturated heterocycles. The van der Waals surface area contributed by atoms with Crippen LogP contribution >= 0.6 is 0 Å². The van der Waals surface area contributed by atoms with E-state index in [1.54, 1.807) is 0 Å². The summed E-state index contributed by atoms with van der Waals surface area (Å²) in [5.41, 5.74) is 0.629. The maximum absolute atomic E-state index is 12.9. The van der Waals surface area contributed by atoms with Crippen molar-refractivity contribution >= 4 is 17.0 Å². The third-order valence-corrected chi connectivity index (χ3v) is 5.27. The van der Waals surface area contributed by atoms with E-state index in [2.05, 4.69) is 26.2 Å². The first-order chi connectivity index (χ1) is 13.3. The van der Waals surface area contributed by atoms with E-state index in [1.165, 1.54) is 17.2 Å². The Bertz CT molecular complexity index is 912. The van der Waals surface area contributed by atoms with Gasteiger partial charge in [0.15, 0.2) is 23.2 Å². The van der Waals surface area contributed by atoms with Crippen molar-refractivity contribution in [3.63, 3.8) is 0 Å². The Morgan fingerprint density at radius 2 is 2.00 bits per heavy atom. The Morgan fingerprint density at radius 1 is 1.21 bits per heavy atom. The predicted octanol–water partition coefficient (Wildman–Crippen LogP) is 1.22. The molecule has 0 bridgehead atoms. The van der Waals surface area contributed by atoms with Gasteiger partial charge < -0.3 is 20.3 Å². The number of fused-ring (bicyclic) bond motifs is 1. The summed E-state index contributed by atoms with van der Waals surface area (Å²) in [4.78, 5) is 12.4. The second kappa shape index (κ2) is 6.88. The van der Waals surface area contributed by atoms with E-state index in [4.69, 9.17) is 11.2 Å². The number of nitrogens with one attached hydrogen (secondary N) is 1. The highest BCUT2D eigenvalue weighted by atomic mass is 19.4. The van der Waals surface area contributed by atoms with Crippen molar-refractivity contribution in [3.8, 4) is 12.3 Å². The molecule has 1 aliphatic carbocycles. The van der Waals surface area contributed by atoms with Gasteiger partial charge in [0, 0.05) is 6.04 Å². The Morgan fingerprint density at radius 3 is 2.64 bits per heavy atom. The Kier molecular flexibility index (Phi) is 4.65. The minimum atomic E-state index is -4.21. The summed E-state index contributed by atoms with van der Waals surface area (Å²) in [6, 6.07) is -0.379. The van der Waals surface area contributed by atoms with Gasteiger partial charge in [0.05, 0.1) is 12.2 Å². The van der Waals surface area contributed by atoms with Crippen molar-refractivity contribution in [2.75, 3.05) is 5.32 Å². The molecule has 2 aromatic rings. The van der Waals surface area contributed by atoms with Crippen molar-refractivity contribution in [1.29, 1.82) is 0 Å². The zero-order chi connectivity index (χ0) is 20.1. The lowest BCUT2D eigenvalue weighted by Crippen LogP contribution is -2.30.